The summed E-state index contributed by atoms with van der Waals surface area (Å²) in [5.74, 6) is 0.943. The molecule has 19 heavy (non-hydrogen) atoms. The average Bonchev–Trinajstić information content (AvgIpc) is 2.75. The molecule has 0 fully saturated rings. The van der Waals surface area contributed by atoms with Crippen LogP contribution in [0.1, 0.15) is 41.0 Å². The Morgan fingerprint density at radius 2 is 1.68 bits per heavy atom. The highest BCUT2D eigenvalue weighted by Gasteiger charge is 2.31. The Morgan fingerprint density at radius 3 is 2.26 bits per heavy atom. The van der Waals surface area contributed by atoms with Gasteiger partial charge in [0.25, 0.3) is 0 Å². The van der Waals surface area contributed by atoms with Crippen molar-refractivity contribution in [1.29, 1.82) is 0 Å². The first-order chi connectivity index (χ1) is 9.04. The zero-order chi connectivity index (χ0) is 14.0. The molecule has 104 valence electrons. The summed E-state index contributed by atoms with van der Waals surface area (Å²) in [6.07, 6.45) is 1.03. The predicted octanol–water partition coefficient (Wildman–Crippen LogP) is 3.91. The van der Waals surface area contributed by atoms with Crippen molar-refractivity contribution in [1.82, 2.24) is 0 Å². The number of anilines is 2. The van der Waals surface area contributed by atoms with Crippen molar-refractivity contribution >= 4 is 11.4 Å². The first kappa shape index (κ1) is 14.0. The summed E-state index contributed by atoms with van der Waals surface area (Å²) in [6.45, 7) is 15.1. The molecule has 1 aromatic carbocycles. The van der Waals surface area contributed by atoms with Gasteiger partial charge in [-0.25, -0.2) is 0 Å². The quantitative estimate of drug-likeness (QED) is 0.798. The van der Waals surface area contributed by atoms with E-state index in [-0.39, 0.29) is 0 Å². The van der Waals surface area contributed by atoms with E-state index in [4.69, 9.17) is 4.74 Å². The fourth-order valence-electron chi connectivity index (χ4n) is 2.22. The van der Waals surface area contributed by atoms with Gasteiger partial charge < -0.3 is 14.5 Å². The maximum Gasteiger partial charge on any atom is 0.209 e. The van der Waals surface area contributed by atoms with Crippen LogP contribution in [-0.4, -0.2) is 18.7 Å². The van der Waals surface area contributed by atoms with Gasteiger partial charge in [0.15, 0.2) is 0 Å². The Bertz CT molecular complexity index is 429. The Kier molecular flexibility index (Phi) is 4.23. The van der Waals surface area contributed by atoms with Crippen LogP contribution >= 0.6 is 0 Å². The van der Waals surface area contributed by atoms with Crippen molar-refractivity contribution in [3.05, 3.63) is 24.9 Å². The van der Waals surface area contributed by atoms with Crippen LogP contribution in [0.5, 0.6) is 5.75 Å². The second-order valence-corrected chi connectivity index (χ2v) is 5.53. The zero-order valence-electron chi connectivity index (χ0n) is 12.6. The van der Waals surface area contributed by atoms with Crippen molar-refractivity contribution < 1.29 is 4.74 Å². The maximum absolute atomic E-state index is 5.73. The van der Waals surface area contributed by atoms with Crippen LogP contribution in [0.3, 0.4) is 0 Å². The third-order valence-corrected chi connectivity index (χ3v) is 3.19. The van der Waals surface area contributed by atoms with Crippen LogP contribution < -0.4 is 14.5 Å². The van der Waals surface area contributed by atoms with E-state index in [9.17, 15) is 0 Å². The van der Waals surface area contributed by atoms with E-state index in [0.717, 1.165) is 18.8 Å². The number of nitrogens with zero attached hydrogens (tertiary/aromatic N) is 2. The zero-order valence-corrected chi connectivity index (χ0v) is 12.6. The predicted molar refractivity (Wildman–Crippen MR) is 80.7 cm³/mol. The normalized spacial score (nSPS) is 14.5. The molecule has 1 aliphatic rings. The van der Waals surface area contributed by atoms with E-state index in [1.165, 1.54) is 11.4 Å². The fraction of sp³-hybridized carbons (Fsp3) is 0.562. The number of hydrogen-bond acceptors (Lipinski definition) is 3. The van der Waals surface area contributed by atoms with Gasteiger partial charge in [-0.3, -0.25) is 0 Å². The van der Waals surface area contributed by atoms with Crippen molar-refractivity contribution in [3.63, 3.8) is 0 Å². The number of benzene rings is 1. The molecule has 3 nitrogen and oxygen atoms in total. The molecular formula is C16H24N2O. The SMILES string of the molecule is CCCOc1ccc2c(c1)N(C(C)C)[C]N2C(C)C. The molecule has 1 aliphatic heterocycles. The molecule has 0 amide bonds. The molecule has 3 heteroatoms. The van der Waals surface area contributed by atoms with Crippen LogP contribution in [-0.2, 0) is 0 Å². The largest absolute Gasteiger partial charge is 0.494 e. The molecular weight excluding hydrogens is 236 g/mol. The van der Waals surface area contributed by atoms with Crippen molar-refractivity contribution in [2.24, 2.45) is 0 Å². The van der Waals surface area contributed by atoms with Gasteiger partial charge in [-0.1, -0.05) is 6.92 Å². The van der Waals surface area contributed by atoms with Gasteiger partial charge in [-0.05, 0) is 46.2 Å². The van der Waals surface area contributed by atoms with Gasteiger partial charge in [-0.2, -0.15) is 0 Å². The average molecular weight is 260 g/mol. The summed E-state index contributed by atoms with van der Waals surface area (Å²) in [6, 6.07) is 7.11. The lowest BCUT2D eigenvalue weighted by atomic mass is 10.2. The van der Waals surface area contributed by atoms with Gasteiger partial charge in [0.05, 0.1) is 18.0 Å². The molecule has 0 spiro atoms. The van der Waals surface area contributed by atoms with Crippen molar-refractivity contribution in [2.45, 2.75) is 53.1 Å². The van der Waals surface area contributed by atoms with E-state index in [1.54, 1.807) is 0 Å². The van der Waals surface area contributed by atoms with Gasteiger partial charge in [-0.15, -0.1) is 0 Å². The molecule has 0 aromatic heterocycles. The highest BCUT2D eigenvalue weighted by atomic mass is 16.5. The Balaban J connectivity index is 2.31. The number of fused-ring (bicyclic) bond motifs is 1. The maximum atomic E-state index is 5.73. The molecule has 0 bridgehead atoms. The standard InChI is InChI=1S/C16H24N2O/c1-6-9-19-14-7-8-15-16(10-14)18(13(4)5)11-17(15)12(2)3/h7-8,10,12-13H,6,9H2,1-5H3. The van der Waals surface area contributed by atoms with Crippen LogP contribution in [0.15, 0.2) is 18.2 Å². The fourth-order valence-corrected chi connectivity index (χ4v) is 2.22. The van der Waals surface area contributed by atoms with Crippen molar-refractivity contribution in [2.75, 3.05) is 16.4 Å². The minimum Gasteiger partial charge on any atom is -0.494 e. The van der Waals surface area contributed by atoms with Gasteiger partial charge in [0.1, 0.15) is 5.75 Å². The third-order valence-electron chi connectivity index (χ3n) is 3.19. The summed E-state index contributed by atoms with van der Waals surface area (Å²) in [4.78, 5) is 4.38. The van der Waals surface area contributed by atoms with Crippen molar-refractivity contribution in [3.8, 4) is 5.75 Å². The van der Waals surface area contributed by atoms with Crippen LogP contribution in [0.4, 0.5) is 11.4 Å². The molecule has 0 aliphatic carbocycles. The molecule has 0 saturated heterocycles. The first-order valence-corrected chi connectivity index (χ1v) is 7.16. The third kappa shape index (κ3) is 2.80. The Morgan fingerprint density at radius 1 is 1.05 bits per heavy atom. The minimum atomic E-state index is 0.393. The molecule has 0 atom stereocenters. The van der Waals surface area contributed by atoms with Crippen LogP contribution in [0, 0.1) is 6.67 Å². The van der Waals surface area contributed by atoms with Gasteiger partial charge >= 0.3 is 0 Å². The second-order valence-electron chi connectivity index (χ2n) is 5.53. The molecule has 0 N–H and O–H groups in total. The summed E-state index contributed by atoms with van der Waals surface area (Å²) in [7, 11) is 0. The number of hydrogen-bond donors (Lipinski definition) is 0. The lowest BCUT2D eigenvalue weighted by Gasteiger charge is -2.24. The molecule has 2 rings (SSSR count). The Labute approximate surface area is 117 Å². The van der Waals surface area contributed by atoms with E-state index >= 15 is 0 Å². The molecule has 1 heterocycles. The molecule has 0 saturated carbocycles. The molecule has 0 unspecified atom stereocenters. The van der Waals surface area contributed by atoms with Crippen LogP contribution in [0.2, 0.25) is 0 Å². The summed E-state index contributed by atoms with van der Waals surface area (Å²) < 4.78 is 5.73. The Hall–Kier alpha value is -1.38. The first-order valence-electron chi connectivity index (χ1n) is 7.16. The van der Waals surface area contributed by atoms with E-state index < -0.39 is 0 Å². The van der Waals surface area contributed by atoms with Gasteiger partial charge in [0, 0.05) is 18.2 Å². The van der Waals surface area contributed by atoms with Gasteiger partial charge in [0.2, 0.25) is 6.67 Å². The summed E-state index contributed by atoms with van der Waals surface area (Å²) >= 11 is 0. The van der Waals surface area contributed by atoms with Crippen LogP contribution in [0.25, 0.3) is 0 Å². The topological polar surface area (TPSA) is 15.7 Å². The molecule has 1 aromatic rings. The monoisotopic (exact) mass is 260 g/mol. The number of ether oxygens (including phenoxy) is 1. The summed E-state index contributed by atoms with van der Waals surface area (Å²) in [5.41, 5.74) is 2.41. The lowest BCUT2D eigenvalue weighted by molar-refractivity contribution is 0.317. The molecule has 2 radical (unpaired) electrons. The summed E-state index contributed by atoms with van der Waals surface area (Å²) in [5, 5.41) is 0. The number of rotatable bonds is 5. The van der Waals surface area contributed by atoms with E-state index in [0.29, 0.717) is 12.1 Å². The smallest absolute Gasteiger partial charge is 0.209 e. The second kappa shape index (κ2) is 5.72. The highest BCUT2D eigenvalue weighted by molar-refractivity contribution is 5.80. The highest BCUT2D eigenvalue weighted by Crippen LogP contribution is 2.42. The van der Waals surface area contributed by atoms with E-state index in [2.05, 4.69) is 69.3 Å². The minimum absolute atomic E-state index is 0.393. The lowest BCUT2D eigenvalue weighted by Crippen LogP contribution is -2.33. The van der Waals surface area contributed by atoms with E-state index in [1.807, 2.05) is 0 Å².